The number of ether oxygens (including phenoxy) is 1. The van der Waals surface area contributed by atoms with Gasteiger partial charge in [0.05, 0.1) is 6.04 Å². The first-order valence-corrected chi connectivity index (χ1v) is 11.7. The number of hydrogen-bond donors (Lipinski definition) is 4. The molecule has 1 saturated carbocycles. The molecule has 36 heavy (non-hydrogen) atoms. The Morgan fingerprint density at radius 2 is 1.78 bits per heavy atom. The number of amides is 2. The number of carbonyl (C=O) groups excluding carboxylic acids is 2. The van der Waals surface area contributed by atoms with Crippen LogP contribution in [0.2, 0.25) is 0 Å². The lowest BCUT2D eigenvalue weighted by Gasteiger charge is -2.34. The van der Waals surface area contributed by atoms with E-state index < -0.39 is 29.2 Å². The molecule has 2 heterocycles. The Morgan fingerprint density at radius 1 is 1.11 bits per heavy atom. The van der Waals surface area contributed by atoms with E-state index >= 15 is 0 Å². The molecule has 4 rings (SSSR count). The molecule has 0 aliphatic heterocycles. The molecule has 1 aromatic carbocycles. The monoisotopic (exact) mass is 501 g/mol. The van der Waals surface area contributed by atoms with Crippen molar-refractivity contribution in [1.82, 2.24) is 19.7 Å². The first-order valence-electron chi connectivity index (χ1n) is 11.7. The van der Waals surface area contributed by atoms with Crippen molar-refractivity contribution in [3.05, 3.63) is 47.8 Å². The molecular formula is C24H29F2N7O3. The molecule has 1 aliphatic carbocycles. The summed E-state index contributed by atoms with van der Waals surface area (Å²) in [5, 5.41) is 9.07. The van der Waals surface area contributed by atoms with Gasteiger partial charge in [-0.15, -0.1) is 0 Å². The van der Waals surface area contributed by atoms with Crippen LogP contribution in [0.5, 0.6) is 0 Å². The van der Waals surface area contributed by atoms with Crippen LogP contribution in [0.4, 0.5) is 31.0 Å². The number of nitrogens with two attached hydrogens (primary N) is 1. The van der Waals surface area contributed by atoms with E-state index in [4.69, 9.17) is 10.5 Å². The van der Waals surface area contributed by atoms with Gasteiger partial charge in [-0.25, -0.2) is 18.6 Å². The minimum absolute atomic E-state index is 0.0128. The fourth-order valence-corrected chi connectivity index (χ4v) is 4.26. The van der Waals surface area contributed by atoms with Crippen molar-refractivity contribution in [1.29, 1.82) is 0 Å². The number of alkyl carbamates (subject to hydrolysis) is 1. The van der Waals surface area contributed by atoms with Gasteiger partial charge in [-0.2, -0.15) is 4.98 Å². The Hall–Kier alpha value is -3.96. The van der Waals surface area contributed by atoms with Gasteiger partial charge in [0.1, 0.15) is 22.8 Å². The number of benzene rings is 1. The van der Waals surface area contributed by atoms with Crippen molar-refractivity contribution < 1.29 is 23.1 Å². The summed E-state index contributed by atoms with van der Waals surface area (Å²) in [4.78, 5) is 33.5. The number of aromatic nitrogens is 3. The summed E-state index contributed by atoms with van der Waals surface area (Å²) in [6, 6.07) is 2.43. The molecule has 0 bridgehead atoms. The van der Waals surface area contributed by atoms with Crippen molar-refractivity contribution in [2.75, 3.05) is 10.6 Å². The van der Waals surface area contributed by atoms with Gasteiger partial charge in [0.2, 0.25) is 5.95 Å². The van der Waals surface area contributed by atoms with Crippen LogP contribution in [0, 0.1) is 11.6 Å². The number of nitrogens with one attached hydrogen (secondary N) is 3. The lowest BCUT2D eigenvalue weighted by Crippen LogP contribution is -2.50. The molecule has 0 unspecified atom stereocenters. The zero-order chi connectivity index (χ0) is 26.0. The van der Waals surface area contributed by atoms with E-state index in [1.165, 1.54) is 6.20 Å². The van der Waals surface area contributed by atoms with Gasteiger partial charge < -0.3 is 26.4 Å². The minimum atomic E-state index is -0.813. The first kappa shape index (κ1) is 25.1. The van der Waals surface area contributed by atoms with Crippen LogP contribution in [-0.2, 0) is 4.74 Å². The van der Waals surface area contributed by atoms with Crippen LogP contribution in [-0.4, -0.2) is 44.1 Å². The molecule has 2 aromatic heterocycles. The summed E-state index contributed by atoms with van der Waals surface area (Å²) >= 11 is 0. The smallest absolute Gasteiger partial charge is 0.407 e. The van der Waals surface area contributed by atoms with Gasteiger partial charge >= 0.3 is 6.09 Å². The number of anilines is 3. The zero-order valence-electron chi connectivity index (χ0n) is 20.3. The second kappa shape index (κ2) is 9.96. The highest BCUT2D eigenvalue weighted by atomic mass is 19.1. The third-order valence-electron chi connectivity index (χ3n) is 5.70. The summed E-state index contributed by atoms with van der Waals surface area (Å²) in [7, 11) is 0. The Kier molecular flexibility index (Phi) is 6.95. The van der Waals surface area contributed by atoms with Crippen LogP contribution >= 0.6 is 0 Å². The normalized spacial score (nSPS) is 18.0. The quantitative estimate of drug-likeness (QED) is 0.399. The number of fused-ring (bicyclic) bond motifs is 1. The van der Waals surface area contributed by atoms with Crippen LogP contribution in [0.25, 0.3) is 5.65 Å². The van der Waals surface area contributed by atoms with E-state index in [-0.39, 0.29) is 34.8 Å². The topological polar surface area (TPSA) is 136 Å². The van der Waals surface area contributed by atoms with E-state index in [0.717, 1.165) is 43.9 Å². The Bertz CT molecular complexity index is 1270. The van der Waals surface area contributed by atoms with E-state index in [1.54, 1.807) is 31.4 Å². The third-order valence-corrected chi connectivity index (χ3v) is 5.70. The fraction of sp³-hybridized carbons (Fsp3) is 0.417. The molecule has 0 radical (unpaired) electrons. The number of primary amides is 1. The van der Waals surface area contributed by atoms with Gasteiger partial charge in [0.15, 0.2) is 11.5 Å². The van der Waals surface area contributed by atoms with Crippen molar-refractivity contribution in [2.24, 2.45) is 5.73 Å². The average molecular weight is 502 g/mol. The maximum absolute atomic E-state index is 13.8. The Morgan fingerprint density at radius 3 is 2.42 bits per heavy atom. The minimum Gasteiger partial charge on any atom is -0.444 e. The largest absolute Gasteiger partial charge is 0.444 e. The predicted molar refractivity (Wildman–Crippen MR) is 130 cm³/mol. The highest BCUT2D eigenvalue weighted by Crippen LogP contribution is 2.28. The maximum Gasteiger partial charge on any atom is 0.407 e. The highest BCUT2D eigenvalue weighted by molar-refractivity contribution is 6.04. The second-order valence-corrected chi connectivity index (χ2v) is 9.72. The molecule has 10 nitrogen and oxygen atoms in total. The molecule has 5 N–H and O–H groups in total. The van der Waals surface area contributed by atoms with Crippen molar-refractivity contribution in [3.8, 4) is 0 Å². The summed E-state index contributed by atoms with van der Waals surface area (Å²) in [6.45, 7) is 5.38. The molecule has 3 aromatic rings. The number of hydrogen-bond acceptors (Lipinski definition) is 7. The third kappa shape index (κ3) is 5.81. The highest BCUT2D eigenvalue weighted by Gasteiger charge is 2.30. The SMILES string of the molecule is CC(C)(C)OC(=O)N[C@@H]1CCCC[C@@H]1Nc1nc(Nc2cc(F)cc(F)c2)c(C(N)=O)c2nccn12. The molecule has 192 valence electrons. The van der Waals surface area contributed by atoms with E-state index in [2.05, 4.69) is 25.9 Å². The summed E-state index contributed by atoms with van der Waals surface area (Å²) < 4.78 is 34.5. The predicted octanol–water partition coefficient (Wildman–Crippen LogP) is 4.10. The molecule has 12 heteroatoms. The van der Waals surface area contributed by atoms with Gasteiger partial charge in [0.25, 0.3) is 5.91 Å². The van der Waals surface area contributed by atoms with Crippen LogP contribution in [0.15, 0.2) is 30.6 Å². The number of imidazole rings is 1. The van der Waals surface area contributed by atoms with Crippen LogP contribution < -0.4 is 21.7 Å². The molecule has 2 amide bonds. The summed E-state index contributed by atoms with van der Waals surface area (Å²) in [5.74, 6) is -2.10. The van der Waals surface area contributed by atoms with Crippen LogP contribution in [0.1, 0.15) is 56.8 Å². The van der Waals surface area contributed by atoms with Crippen molar-refractivity contribution in [3.63, 3.8) is 0 Å². The van der Waals surface area contributed by atoms with E-state index in [0.29, 0.717) is 5.95 Å². The fourth-order valence-electron chi connectivity index (χ4n) is 4.26. The van der Waals surface area contributed by atoms with Gasteiger partial charge in [-0.1, -0.05) is 12.8 Å². The Balaban J connectivity index is 1.68. The van der Waals surface area contributed by atoms with E-state index in [1.807, 2.05) is 0 Å². The van der Waals surface area contributed by atoms with Gasteiger partial charge in [-0.3, -0.25) is 9.20 Å². The Labute approximate surface area is 206 Å². The maximum atomic E-state index is 13.8. The van der Waals surface area contributed by atoms with Gasteiger partial charge in [-0.05, 0) is 45.7 Å². The number of rotatable bonds is 6. The molecular weight excluding hydrogens is 472 g/mol. The number of carbonyl (C=O) groups is 2. The molecule has 1 aliphatic rings. The lowest BCUT2D eigenvalue weighted by atomic mass is 9.90. The molecule has 1 fully saturated rings. The average Bonchev–Trinajstić information content (AvgIpc) is 3.22. The molecule has 2 atom stereocenters. The number of halogens is 2. The summed E-state index contributed by atoms with van der Waals surface area (Å²) in [5.41, 5.74) is 5.20. The van der Waals surface area contributed by atoms with Crippen molar-refractivity contribution in [2.45, 2.75) is 64.1 Å². The summed E-state index contributed by atoms with van der Waals surface area (Å²) in [6.07, 6.45) is 5.93. The molecule has 0 saturated heterocycles. The standard InChI is InChI=1S/C24H29F2N7O3/c1-24(2,3)36-23(35)31-17-7-5-4-6-16(17)30-22-32-20(29-15-11-13(25)10-14(26)12-15)18(19(27)34)21-28-8-9-33(21)22/h8-12,16-17,29H,4-7H2,1-3H3,(H2,27,34)(H,30,32)(H,31,35)/t16-,17+/m0/s1. The van der Waals surface area contributed by atoms with Crippen molar-refractivity contribution >= 4 is 35.1 Å². The number of nitrogens with zero attached hydrogens (tertiary/aromatic N) is 3. The van der Waals surface area contributed by atoms with Crippen LogP contribution in [0.3, 0.4) is 0 Å². The lowest BCUT2D eigenvalue weighted by molar-refractivity contribution is 0.0488. The first-order chi connectivity index (χ1) is 17.0. The zero-order valence-corrected chi connectivity index (χ0v) is 20.3. The second-order valence-electron chi connectivity index (χ2n) is 9.72. The van der Waals surface area contributed by atoms with E-state index in [9.17, 15) is 18.4 Å². The van der Waals surface area contributed by atoms with Gasteiger partial charge in [0, 0.05) is 30.2 Å². The molecule has 0 spiro atoms.